The lowest BCUT2D eigenvalue weighted by molar-refractivity contribution is -0.123. The molecule has 0 amide bonds. The number of fused-ring (bicyclic) bond motifs is 1. The van der Waals surface area contributed by atoms with Gasteiger partial charge in [0.05, 0.1) is 5.41 Å². The first-order valence-electron chi connectivity index (χ1n) is 19.7. The van der Waals surface area contributed by atoms with Gasteiger partial charge in [-0.1, -0.05) is 156 Å². The minimum atomic E-state index is -0.316. The topological polar surface area (TPSA) is 17.1 Å². The summed E-state index contributed by atoms with van der Waals surface area (Å²) in [6.45, 7) is 23.7. The van der Waals surface area contributed by atoms with Gasteiger partial charge in [0, 0.05) is 5.57 Å². The van der Waals surface area contributed by atoms with E-state index in [0.29, 0.717) is 17.6 Å². The van der Waals surface area contributed by atoms with Crippen LogP contribution in [0.2, 0.25) is 0 Å². The van der Waals surface area contributed by atoms with Gasteiger partial charge in [-0.25, -0.2) is 0 Å². The quantitative estimate of drug-likeness (QED) is 0.118. The number of hydrogen-bond donors (Lipinski definition) is 0. The summed E-state index contributed by atoms with van der Waals surface area (Å²) >= 11 is 0. The van der Waals surface area contributed by atoms with Gasteiger partial charge in [0.1, 0.15) is 0 Å². The van der Waals surface area contributed by atoms with Crippen molar-refractivity contribution < 1.29 is 4.79 Å². The highest BCUT2D eigenvalue weighted by atomic mass is 16.1. The molecule has 0 saturated heterocycles. The van der Waals surface area contributed by atoms with Crippen molar-refractivity contribution in [2.75, 3.05) is 0 Å². The fourth-order valence-electron chi connectivity index (χ4n) is 8.63. The Kier molecular flexibility index (Phi) is 15.4. The van der Waals surface area contributed by atoms with E-state index in [-0.39, 0.29) is 5.41 Å². The molecule has 0 aromatic carbocycles. The lowest BCUT2D eigenvalue weighted by Gasteiger charge is -2.39. The van der Waals surface area contributed by atoms with Gasteiger partial charge >= 0.3 is 0 Å². The third kappa shape index (κ3) is 11.4. The van der Waals surface area contributed by atoms with Crippen molar-refractivity contribution in [3.63, 3.8) is 0 Å². The monoisotopic (exact) mass is 619 g/mol. The SMILES string of the molecule is CC1=CC2=C(C1)C1=C(C=C(C)C1)C(CCC(C)CCCC(C)CCCC(C)C)(CCC(C)CCCC(C)CCCC(C)C)C2=O. The summed E-state index contributed by atoms with van der Waals surface area (Å²) < 4.78 is 0. The summed E-state index contributed by atoms with van der Waals surface area (Å²) in [7, 11) is 0. The van der Waals surface area contributed by atoms with Crippen LogP contribution in [0.4, 0.5) is 0 Å². The van der Waals surface area contributed by atoms with Crippen molar-refractivity contribution in [3.8, 4) is 0 Å². The molecule has 0 aromatic heterocycles. The van der Waals surface area contributed by atoms with Crippen LogP contribution >= 0.6 is 0 Å². The average Bonchev–Trinajstić information content (AvgIpc) is 3.55. The molecule has 0 aromatic rings. The Morgan fingerprint density at radius 2 is 0.911 bits per heavy atom. The molecule has 3 rings (SSSR count). The van der Waals surface area contributed by atoms with E-state index in [1.54, 1.807) is 0 Å². The van der Waals surface area contributed by atoms with E-state index in [0.717, 1.165) is 54.9 Å². The van der Waals surface area contributed by atoms with Gasteiger partial charge in [0.2, 0.25) is 0 Å². The molecule has 0 fully saturated rings. The summed E-state index contributed by atoms with van der Waals surface area (Å²) in [4.78, 5) is 14.7. The largest absolute Gasteiger partial charge is 0.293 e. The Morgan fingerprint density at radius 1 is 0.533 bits per heavy atom. The van der Waals surface area contributed by atoms with Gasteiger partial charge in [0.15, 0.2) is 5.78 Å². The number of ketones is 1. The number of carbonyl (C=O) groups is 1. The lowest BCUT2D eigenvalue weighted by Crippen LogP contribution is -2.38. The zero-order valence-electron chi connectivity index (χ0n) is 31.8. The Bertz CT molecular complexity index is 1040. The highest BCUT2D eigenvalue weighted by molar-refractivity contribution is 6.09. The van der Waals surface area contributed by atoms with Crippen molar-refractivity contribution in [3.05, 3.63) is 45.6 Å². The second-order valence-corrected chi connectivity index (χ2v) is 17.5. The van der Waals surface area contributed by atoms with Crippen molar-refractivity contribution in [2.45, 2.75) is 185 Å². The Labute approximate surface area is 281 Å². The molecule has 1 heteroatoms. The Balaban J connectivity index is 1.63. The van der Waals surface area contributed by atoms with Crippen LogP contribution in [-0.2, 0) is 4.79 Å². The molecular weight excluding hydrogens is 544 g/mol. The normalized spacial score (nSPS) is 22.6. The van der Waals surface area contributed by atoms with Crippen LogP contribution in [0.3, 0.4) is 0 Å². The fraction of sp³-hybridized carbons (Fsp3) is 0.795. The van der Waals surface area contributed by atoms with E-state index in [1.807, 2.05) is 0 Å². The van der Waals surface area contributed by atoms with Gasteiger partial charge in [-0.2, -0.15) is 0 Å². The second-order valence-electron chi connectivity index (χ2n) is 17.5. The molecule has 0 heterocycles. The predicted octanol–water partition coefficient (Wildman–Crippen LogP) is 13.9. The minimum Gasteiger partial charge on any atom is -0.293 e. The number of Topliss-reactive ketones (excluding diaryl/α,β-unsaturated/α-hetero) is 1. The van der Waals surface area contributed by atoms with Crippen LogP contribution in [-0.4, -0.2) is 5.78 Å². The van der Waals surface area contributed by atoms with Crippen molar-refractivity contribution in [2.24, 2.45) is 40.9 Å². The van der Waals surface area contributed by atoms with E-state index in [2.05, 4.69) is 81.4 Å². The van der Waals surface area contributed by atoms with Crippen molar-refractivity contribution in [1.29, 1.82) is 0 Å². The highest BCUT2D eigenvalue weighted by Gasteiger charge is 2.49. The maximum Gasteiger partial charge on any atom is 0.173 e. The third-order valence-electron chi connectivity index (χ3n) is 11.8. The molecule has 0 N–H and O–H groups in total. The van der Waals surface area contributed by atoms with Crippen LogP contribution in [0, 0.1) is 40.9 Å². The van der Waals surface area contributed by atoms with E-state index in [4.69, 9.17) is 0 Å². The Morgan fingerprint density at radius 3 is 1.36 bits per heavy atom. The van der Waals surface area contributed by atoms with Crippen LogP contribution in [0.1, 0.15) is 185 Å². The number of hydrogen-bond acceptors (Lipinski definition) is 1. The first-order chi connectivity index (χ1) is 21.3. The van der Waals surface area contributed by atoms with E-state index in [9.17, 15) is 4.79 Å². The molecule has 4 atom stereocenters. The molecule has 256 valence electrons. The van der Waals surface area contributed by atoms with Gasteiger partial charge in [-0.15, -0.1) is 0 Å². The van der Waals surface area contributed by atoms with Crippen LogP contribution in [0.25, 0.3) is 0 Å². The molecular formula is C44H74O. The first-order valence-corrected chi connectivity index (χ1v) is 19.7. The molecule has 0 spiro atoms. The van der Waals surface area contributed by atoms with Crippen molar-refractivity contribution >= 4 is 5.78 Å². The predicted molar refractivity (Wildman–Crippen MR) is 198 cm³/mol. The third-order valence-corrected chi connectivity index (χ3v) is 11.8. The highest BCUT2D eigenvalue weighted by Crippen LogP contribution is 2.55. The number of rotatable bonds is 22. The van der Waals surface area contributed by atoms with Crippen LogP contribution in [0.5, 0.6) is 0 Å². The van der Waals surface area contributed by atoms with Gasteiger partial charge in [-0.05, 0) is 105 Å². The summed E-state index contributed by atoms with van der Waals surface area (Å²) in [5.41, 5.74) is 7.92. The van der Waals surface area contributed by atoms with Gasteiger partial charge in [0.25, 0.3) is 0 Å². The number of allylic oxidation sites excluding steroid dienone is 8. The Hall–Kier alpha value is -1.37. The van der Waals surface area contributed by atoms with Gasteiger partial charge in [-0.3, -0.25) is 4.79 Å². The maximum atomic E-state index is 14.7. The smallest absolute Gasteiger partial charge is 0.173 e. The molecule has 0 saturated carbocycles. The van der Waals surface area contributed by atoms with E-state index >= 15 is 0 Å². The second kappa shape index (κ2) is 18.2. The first kappa shape index (κ1) is 38.1. The summed E-state index contributed by atoms with van der Waals surface area (Å²) in [5.74, 6) is 5.16. The molecule has 3 aliphatic rings. The van der Waals surface area contributed by atoms with Crippen LogP contribution in [0.15, 0.2) is 45.6 Å². The lowest BCUT2D eigenvalue weighted by atomic mass is 9.62. The van der Waals surface area contributed by atoms with E-state index < -0.39 is 0 Å². The van der Waals surface area contributed by atoms with E-state index in [1.165, 1.54) is 118 Å². The van der Waals surface area contributed by atoms with Gasteiger partial charge < -0.3 is 0 Å². The number of carbonyl (C=O) groups excluding carboxylic acids is 1. The average molecular weight is 619 g/mol. The molecule has 0 bridgehead atoms. The molecule has 3 aliphatic carbocycles. The molecule has 4 unspecified atom stereocenters. The summed E-state index contributed by atoms with van der Waals surface area (Å²) in [5, 5.41) is 0. The standard InChI is InChI=1S/C44H74O/c1-31(2)15-11-17-33(5)19-13-21-35(7)23-25-44(26-24-36(8)22-14-20-34(6)18-12-16-32(3)4)42-30-38(10)28-40(42)39-27-37(9)29-41(39)43(44)45/h29-36H,11-28H2,1-10H3. The molecule has 0 radical (unpaired) electrons. The summed E-state index contributed by atoms with van der Waals surface area (Å²) in [6.07, 6.45) is 27.4. The zero-order chi connectivity index (χ0) is 33.1. The molecule has 1 nitrogen and oxygen atoms in total. The summed E-state index contributed by atoms with van der Waals surface area (Å²) in [6, 6.07) is 0. The minimum absolute atomic E-state index is 0.316. The fourth-order valence-corrected chi connectivity index (χ4v) is 8.63. The van der Waals surface area contributed by atoms with Crippen LogP contribution < -0.4 is 0 Å². The zero-order valence-corrected chi connectivity index (χ0v) is 31.8. The maximum absolute atomic E-state index is 14.7. The molecule has 0 aliphatic heterocycles. The van der Waals surface area contributed by atoms with Crippen molar-refractivity contribution in [1.82, 2.24) is 0 Å². The molecule has 45 heavy (non-hydrogen) atoms.